The summed E-state index contributed by atoms with van der Waals surface area (Å²) in [4.78, 5) is 0. The maximum Gasteiger partial charge on any atom is 0.123 e. The summed E-state index contributed by atoms with van der Waals surface area (Å²) in [7, 11) is 1.67. The van der Waals surface area contributed by atoms with E-state index in [2.05, 4.69) is 13.8 Å². The van der Waals surface area contributed by atoms with Crippen molar-refractivity contribution in [2.24, 2.45) is 0 Å². The molecule has 1 rings (SSSR count). The van der Waals surface area contributed by atoms with Crippen LogP contribution in [0.1, 0.15) is 30.9 Å². The fourth-order valence-electron chi connectivity index (χ4n) is 1.53. The van der Waals surface area contributed by atoms with E-state index in [4.69, 9.17) is 15.2 Å². The number of methoxy groups -OCH3 is 1. The van der Waals surface area contributed by atoms with Crippen molar-refractivity contribution in [2.75, 3.05) is 26.1 Å². The van der Waals surface area contributed by atoms with Crippen molar-refractivity contribution in [2.45, 2.75) is 26.7 Å². The number of hydrogen-bond acceptors (Lipinski definition) is 3. The number of ether oxygens (including phenoxy) is 2. The number of nitrogens with two attached hydrogens (primary N) is 1. The minimum absolute atomic E-state index is 0.403. The van der Waals surface area contributed by atoms with Crippen LogP contribution in [0.3, 0.4) is 0 Å². The van der Waals surface area contributed by atoms with Crippen LogP contribution in [-0.2, 0) is 4.74 Å². The molecule has 0 spiro atoms. The molecule has 0 atom stereocenters. The first-order valence-corrected chi connectivity index (χ1v) is 5.58. The minimum atomic E-state index is 0.403. The molecule has 0 fully saturated rings. The molecule has 0 aromatic heterocycles. The molecule has 16 heavy (non-hydrogen) atoms. The van der Waals surface area contributed by atoms with Crippen molar-refractivity contribution in [3.05, 3.63) is 23.3 Å². The molecule has 0 saturated carbocycles. The second-order valence-electron chi connectivity index (χ2n) is 4.24. The third-order valence-electron chi connectivity index (χ3n) is 2.57. The molecule has 3 nitrogen and oxygen atoms in total. The Morgan fingerprint density at radius 2 is 1.94 bits per heavy atom. The fourth-order valence-corrected chi connectivity index (χ4v) is 1.53. The van der Waals surface area contributed by atoms with Gasteiger partial charge in [0, 0.05) is 12.8 Å². The van der Waals surface area contributed by atoms with Gasteiger partial charge in [0.1, 0.15) is 12.4 Å². The average Bonchev–Trinajstić information content (AvgIpc) is 2.23. The van der Waals surface area contributed by atoms with Gasteiger partial charge in [-0.3, -0.25) is 0 Å². The molecule has 0 heterocycles. The Hall–Kier alpha value is -1.22. The first-order chi connectivity index (χ1) is 7.56. The first-order valence-electron chi connectivity index (χ1n) is 5.58. The summed E-state index contributed by atoms with van der Waals surface area (Å²) in [5, 5.41) is 0. The van der Waals surface area contributed by atoms with Crippen molar-refractivity contribution >= 4 is 5.69 Å². The molecule has 90 valence electrons. The third-order valence-corrected chi connectivity index (χ3v) is 2.57. The largest absolute Gasteiger partial charge is 0.491 e. The lowest BCUT2D eigenvalue weighted by Crippen LogP contribution is -2.07. The molecule has 0 saturated heterocycles. The van der Waals surface area contributed by atoms with Gasteiger partial charge in [-0.2, -0.15) is 0 Å². The standard InChI is InChI=1S/C13H21NO2/c1-9(2)11-8-12(14)10(3)7-13(11)16-6-5-15-4/h7-9H,5-6,14H2,1-4H3. The van der Waals surface area contributed by atoms with Gasteiger partial charge in [-0.05, 0) is 36.1 Å². The molecule has 2 N–H and O–H groups in total. The van der Waals surface area contributed by atoms with Gasteiger partial charge in [0.25, 0.3) is 0 Å². The third kappa shape index (κ3) is 3.14. The second-order valence-corrected chi connectivity index (χ2v) is 4.24. The topological polar surface area (TPSA) is 44.5 Å². The normalized spacial score (nSPS) is 10.8. The van der Waals surface area contributed by atoms with Gasteiger partial charge in [0.15, 0.2) is 0 Å². The maximum absolute atomic E-state index is 5.90. The maximum atomic E-state index is 5.90. The lowest BCUT2D eigenvalue weighted by molar-refractivity contribution is 0.145. The zero-order valence-electron chi connectivity index (χ0n) is 10.5. The fraction of sp³-hybridized carbons (Fsp3) is 0.538. The minimum Gasteiger partial charge on any atom is -0.491 e. The molecular formula is C13H21NO2. The smallest absolute Gasteiger partial charge is 0.123 e. The highest BCUT2D eigenvalue weighted by Gasteiger charge is 2.10. The van der Waals surface area contributed by atoms with Gasteiger partial charge in [0.05, 0.1) is 6.61 Å². The van der Waals surface area contributed by atoms with Gasteiger partial charge in [-0.1, -0.05) is 13.8 Å². The van der Waals surface area contributed by atoms with Gasteiger partial charge in [-0.25, -0.2) is 0 Å². The Kier molecular flexibility index (Phi) is 4.62. The van der Waals surface area contributed by atoms with E-state index in [1.54, 1.807) is 7.11 Å². The second kappa shape index (κ2) is 5.75. The van der Waals surface area contributed by atoms with E-state index >= 15 is 0 Å². The van der Waals surface area contributed by atoms with Crippen molar-refractivity contribution in [1.29, 1.82) is 0 Å². The van der Waals surface area contributed by atoms with E-state index < -0.39 is 0 Å². The molecule has 0 aliphatic rings. The van der Waals surface area contributed by atoms with Gasteiger partial charge in [0.2, 0.25) is 0 Å². The predicted molar refractivity (Wildman–Crippen MR) is 67.1 cm³/mol. The lowest BCUT2D eigenvalue weighted by Gasteiger charge is -2.16. The average molecular weight is 223 g/mol. The molecular weight excluding hydrogens is 202 g/mol. The number of nitrogen functional groups attached to an aromatic ring is 1. The van der Waals surface area contributed by atoms with E-state index in [0.29, 0.717) is 19.1 Å². The van der Waals surface area contributed by atoms with Crippen LogP contribution < -0.4 is 10.5 Å². The van der Waals surface area contributed by atoms with E-state index in [1.165, 1.54) is 0 Å². The number of rotatable bonds is 5. The number of hydrogen-bond donors (Lipinski definition) is 1. The van der Waals surface area contributed by atoms with Crippen LogP contribution in [0.4, 0.5) is 5.69 Å². The zero-order chi connectivity index (χ0) is 12.1. The van der Waals surface area contributed by atoms with Crippen LogP contribution in [0, 0.1) is 6.92 Å². The van der Waals surface area contributed by atoms with E-state index in [1.807, 2.05) is 19.1 Å². The molecule has 0 bridgehead atoms. The van der Waals surface area contributed by atoms with E-state index in [9.17, 15) is 0 Å². The lowest BCUT2D eigenvalue weighted by atomic mass is 9.99. The summed E-state index contributed by atoms with van der Waals surface area (Å²) in [5.41, 5.74) is 8.93. The number of aryl methyl sites for hydroxylation is 1. The molecule has 1 aromatic carbocycles. The highest BCUT2D eigenvalue weighted by atomic mass is 16.5. The molecule has 0 aliphatic heterocycles. The number of anilines is 1. The van der Waals surface area contributed by atoms with Crippen LogP contribution in [0.25, 0.3) is 0 Å². The molecule has 0 aliphatic carbocycles. The van der Waals surface area contributed by atoms with Gasteiger partial charge >= 0.3 is 0 Å². The summed E-state index contributed by atoms with van der Waals surface area (Å²) >= 11 is 0. The van der Waals surface area contributed by atoms with Crippen molar-refractivity contribution in [3.8, 4) is 5.75 Å². The predicted octanol–water partition coefficient (Wildman–Crippen LogP) is 2.73. The van der Waals surface area contributed by atoms with E-state index in [0.717, 1.165) is 22.6 Å². The summed E-state index contributed by atoms with van der Waals surface area (Å²) in [5.74, 6) is 1.32. The Balaban J connectivity index is 2.91. The van der Waals surface area contributed by atoms with Crippen LogP contribution in [0.5, 0.6) is 5.75 Å². The monoisotopic (exact) mass is 223 g/mol. The highest BCUT2D eigenvalue weighted by molar-refractivity contribution is 5.55. The van der Waals surface area contributed by atoms with Crippen molar-refractivity contribution < 1.29 is 9.47 Å². The Morgan fingerprint density at radius 3 is 2.50 bits per heavy atom. The zero-order valence-corrected chi connectivity index (χ0v) is 10.5. The molecule has 0 amide bonds. The Bertz CT molecular complexity index is 348. The Morgan fingerprint density at radius 1 is 1.25 bits per heavy atom. The van der Waals surface area contributed by atoms with Gasteiger partial charge < -0.3 is 15.2 Å². The first kappa shape index (κ1) is 12.8. The summed E-state index contributed by atoms with van der Waals surface area (Å²) in [6.07, 6.45) is 0. The Labute approximate surface area is 97.6 Å². The quantitative estimate of drug-likeness (QED) is 0.616. The number of benzene rings is 1. The van der Waals surface area contributed by atoms with Gasteiger partial charge in [-0.15, -0.1) is 0 Å². The van der Waals surface area contributed by atoms with Crippen LogP contribution in [-0.4, -0.2) is 20.3 Å². The van der Waals surface area contributed by atoms with Crippen LogP contribution in [0.2, 0.25) is 0 Å². The summed E-state index contributed by atoms with van der Waals surface area (Å²) in [6.45, 7) is 7.42. The van der Waals surface area contributed by atoms with Crippen LogP contribution >= 0.6 is 0 Å². The highest BCUT2D eigenvalue weighted by Crippen LogP contribution is 2.30. The summed E-state index contributed by atoms with van der Waals surface area (Å²) < 4.78 is 10.7. The van der Waals surface area contributed by atoms with Crippen molar-refractivity contribution in [3.63, 3.8) is 0 Å². The van der Waals surface area contributed by atoms with Crippen LogP contribution in [0.15, 0.2) is 12.1 Å². The molecule has 0 radical (unpaired) electrons. The summed E-state index contributed by atoms with van der Waals surface area (Å²) in [6, 6.07) is 4.00. The SMILES string of the molecule is COCCOc1cc(C)c(N)cc1C(C)C. The molecule has 0 unspecified atom stereocenters. The molecule has 3 heteroatoms. The van der Waals surface area contributed by atoms with Crippen molar-refractivity contribution in [1.82, 2.24) is 0 Å². The van der Waals surface area contributed by atoms with E-state index in [-0.39, 0.29) is 0 Å². The molecule has 1 aromatic rings.